The lowest BCUT2D eigenvalue weighted by atomic mass is 9.68. The summed E-state index contributed by atoms with van der Waals surface area (Å²) in [5.74, 6) is 0. The summed E-state index contributed by atoms with van der Waals surface area (Å²) < 4.78 is 0. The zero-order chi connectivity index (χ0) is 43.6. The van der Waals surface area contributed by atoms with Gasteiger partial charge in [-0.25, -0.2) is 0 Å². The van der Waals surface area contributed by atoms with E-state index in [4.69, 9.17) is 0 Å². The van der Waals surface area contributed by atoms with Gasteiger partial charge >= 0.3 is 0 Å². The van der Waals surface area contributed by atoms with Crippen LogP contribution in [0.3, 0.4) is 0 Å². The van der Waals surface area contributed by atoms with E-state index in [9.17, 15) is 0 Å². The molecule has 0 spiro atoms. The number of hydrogen-bond acceptors (Lipinski definition) is 1. The summed E-state index contributed by atoms with van der Waals surface area (Å²) in [5.41, 5.74) is 15.3. The second-order valence-corrected chi connectivity index (χ2v) is 17.5. The maximum Gasteiger partial charge on any atom is 0.0713 e. The monoisotopic (exact) mass is 837 g/mol. The molecule has 0 saturated carbocycles. The Morgan fingerprint density at radius 1 is 0.273 bits per heavy atom. The molecule has 308 valence electrons. The molecule has 1 aliphatic carbocycles. The molecule has 1 nitrogen and oxygen atoms in total. The highest BCUT2D eigenvalue weighted by molar-refractivity contribution is 6.22. The van der Waals surface area contributed by atoms with Crippen LogP contribution < -0.4 is 4.90 Å². The molecule has 0 N–H and O–H groups in total. The van der Waals surface area contributed by atoms with Crippen LogP contribution in [0.4, 0.5) is 17.1 Å². The molecule has 12 aromatic rings. The zero-order valence-electron chi connectivity index (χ0n) is 36.3. The second kappa shape index (κ2) is 15.3. The molecule has 0 saturated heterocycles. The van der Waals surface area contributed by atoms with Crippen LogP contribution in [-0.2, 0) is 5.41 Å². The van der Waals surface area contributed by atoms with Crippen molar-refractivity contribution >= 4 is 60.2 Å². The molecule has 0 unspecified atom stereocenters. The highest BCUT2D eigenvalue weighted by atomic mass is 15.1. The van der Waals surface area contributed by atoms with Gasteiger partial charge in [0.05, 0.1) is 11.1 Å². The van der Waals surface area contributed by atoms with Crippen LogP contribution in [0.5, 0.6) is 0 Å². The summed E-state index contributed by atoms with van der Waals surface area (Å²) in [6, 6.07) is 96.5. The Morgan fingerprint density at radius 3 is 1.47 bits per heavy atom. The molecule has 0 aliphatic heterocycles. The first-order chi connectivity index (χ1) is 32.8. The van der Waals surface area contributed by atoms with Gasteiger partial charge in [0.15, 0.2) is 0 Å². The van der Waals surface area contributed by atoms with Crippen molar-refractivity contribution in [2.45, 2.75) is 5.41 Å². The SMILES string of the molecule is c1ccc(-c2c(-c3ccccc3)c3cc(N(c4ccc5c(c4)-c4ccccc4C5(c4ccccc4)c4ccccc4)c4cccc5c4ccc4ccccc45)ccc3c3ccccc23)cc1. The summed E-state index contributed by atoms with van der Waals surface area (Å²) in [6.07, 6.45) is 0. The van der Waals surface area contributed by atoms with Gasteiger partial charge in [0.25, 0.3) is 0 Å². The van der Waals surface area contributed by atoms with Gasteiger partial charge in [-0.15, -0.1) is 0 Å². The second-order valence-electron chi connectivity index (χ2n) is 17.5. The van der Waals surface area contributed by atoms with Crippen molar-refractivity contribution in [3.63, 3.8) is 0 Å². The summed E-state index contributed by atoms with van der Waals surface area (Å²) in [5, 5.41) is 9.86. The number of rotatable bonds is 7. The smallest absolute Gasteiger partial charge is 0.0713 e. The number of hydrogen-bond donors (Lipinski definition) is 0. The molecule has 0 radical (unpaired) electrons. The quantitative estimate of drug-likeness (QED) is 0.145. The third-order valence-electron chi connectivity index (χ3n) is 14.1. The van der Waals surface area contributed by atoms with Crippen LogP contribution in [0.1, 0.15) is 22.3 Å². The molecular formula is C65H43N. The Bertz CT molecular complexity index is 3760. The lowest BCUT2D eigenvalue weighted by Gasteiger charge is -2.34. The first-order valence-corrected chi connectivity index (χ1v) is 22.9. The van der Waals surface area contributed by atoms with Crippen LogP contribution in [0.15, 0.2) is 261 Å². The van der Waals surface area contributed by atoms with Gasteiger partial charge in [0, 0.05) is 16.8 Å². The average molecular weight is 838 g/mol. The largest absolute Gasteiger partial charge is 0.310 e. The topological polar surface area (TPSA) is 3.24 Å². The van der Waals surface area contributed by atoms with Crippen LogP contribution in [0.25, 0.3) is 76.5 Å². The van der Waals surface area contributed by atoms with E-state index >= 15 is 0 Å². The fourth-order valence-corrected chi connectivity index (χ4v) is 11.3. The molecule has 0 bridgehead atoms. The Morgan fingerprint density at radius 2 is 0.758 bits per heavy atom. The first kappa shape index (κ1) is 38.0. The fraction of sp³-hybridized carbons (Fsp3) is 0.0154. The molecule has 66 heavy (non-hydrogen) atoms. The average Bonchev–Trinajstić information content (AvgIpc) is 3.69. The number of fused-ring (bicyclic) bond motifs is 9. The van der Waals surface area contributed by atoms with Gasteiger partial charge in [-0.2, -0.15) is 0 Å². The number of nitrogens with zero attached hydrogens (tertiary/aromatic N) is 1. The fourth-order valence-electron chi connectivity index (χ4n) is 11.3. The predicted octanol–water partition coefficient (Wildman–Crippen LogP) is 17.5. The van der Waals surface area contributed by atoms with Crippen molar-refractivity contribution in [2.75, 3.05) is 4.90 Å². The standard InChI is InChI=1S/C65H43N/c1-5-21-45(22-6-1)63-57-32-16-15-30-53(57)54-40-37-49(43-59(54)64(63)46-23-7-2-8-24-46)66(62-35-19-33-52-51-29-14-13-20-44(51)36-39-56(52)62)50-38-41-61-58(42-50)55-31-17-18-34-60(55)65(61,47-25-9-3-10-26-47)48-27-11-4-12-28-48/h1-43H. The van der Waals surface area contributed by atoms with E-state index in [1.54, 1.807) is 0 Å². The molecule has 12 aromatic carbocycles. The van der Waals surface area contributed by atoms with Gasteiger partial charge < -0.3 is 4.90 Å². The molecule has 0 heterocycles. The highest BCUT2D eigenvalue weighted by Crippen LogP contribution is 2.57. The molecule has 1 heteroatoms. The van der Waals surface area contributed by atoms with Crippen molar-refractivity contribution in [1.82, 2.24) is 0 Å². The van der Waals surface area contributed by atoms with E-state index in [0.29, 0.717) is 0 Å². The molecule has 0 amide bonds. The molecule has 13 rings (SSSR count). The van der Waals surface area contributed by atoms with Crippen molar-refractivity contribution in [3.05, 3.63) is 283 Å². The zero-order valence-corrected chi connectivity index (χ0v) is 36.3. The minimum absolute atomic E-state index is 0.488. The minimum atomic E-state index is -0.488. The van der Waals surface area contributed by atoms with E-state index in [2.05, 4.69) is 266 Å². The van der Waals surface area contributed by atoms with Crippen molar-refractivity contribution in [3.8, 4) is 33.4 Å². The van der Waals surface area contributed by atoms with E-state index < -0.39 is 5.41 Å². The predicted molar refractivity (Wildman–Crippen MR) is 279 cm³/mol. The Hall–Kier alpha value is -8.52. The van der Waals surface area contributed by atoms with Gasteiger partial charge in [-0.1, -0.05) is 231 Å². The van der Waals surface area contributed by atoms with Crippen LogP contribution in [0.2, 0.25) is 0 Å². The van der Waals surface area contributed by atoms with Gasteiger partial charge in [-0.3, -0.25) is 0 Å². The van der Waals surface area contributed by atoms with Gasteiger partial charge in [-0.05, 0) is 124 Å². The maximum atomic E-state index is 2.51. The molecule has 0 atom stereocenters. The highest BCUT2D eigenvalue weighted by Gasteiger charge is 2.46. The van der Waals surface area contributed by atoms with E-state index in [0.717, 1.165) is 17.1 Å². The molecule has 1 aliphatic rings. The van der Waals surface area contributed by atoms with E-state index in [-0.39, 0.29) is 0 Å². The summed E-state index contributed by atoms with van der Waals surface area (Å²) in [4.78, 5) is 2.51. The first-order valence-electron chi connectivity index (χ1n) is 22.9. The molecule has 0 fully saturated rings. The Kier molecular flexibility index (Phi) is 8.82. The lowest BCUT2D eigenvalue weighted by Crippen LogP contribution is -2.28. The van der Waals surface area contributed by atoms with Crippen LogP contribution in [-0.4, -0.2) is 0 Å². The normalized spacial score (nSPS) is 12.7. The minimum Gasteiger partial charge on any atom is -0.310 e. The number of anilines is 3. The summed E-state index contributed by atoms with van der Waals surface area (Å²) in [6.45, 7) is 0. The lowest BCUT2D eigenvalue weighted by molar-refractivity contribution is 0.768. The van der Waals surface area contributed by atoms with Crippen LogP contribution in [0, 0.1) is 0 Å². The van der Waals surface area contributed by atoms with E-state index in [1.807, 2.05) is 0 Å². The maximum absolute atomic E-state index is 2.51. The summed E-state index contributed by atoms with van der Waals surface area (Å²) >= 11 is 0. The molecular weight excluding hydrogens is 795 g/mol. The summed E-state index contributed by atoms with van der Waals surface area (Å²) in [7, 11) is 0. The Balaban J connectivity index is 1.13. The van der Waals surface area contributed by atoms with Gasteiger partial charge in [0.2, 0.25) is 0 Å². The third kappa shape index (κ3) is 5.73. The van der Waals surface area contributed by atoms with Crippen molar-refractivity contribution < 1.29 is 0 Å². The van der Waals surface area contributed by atoms with Crippen LogP contribution >= 0.6 is 0 Å². The number of benzene rings is 12. The third-order valence-corrected chi connectivity index (χ3v) is 14.1. The van der Waals surface area contributed by atoms with E-state index in [1.165, 1.54) is 98.7 Å². The Labute approximate surface area is 385 Å². The van der Waals surface area contributed by atoms with Crippen molar-refractivity contribution in [2.24, 2.45) is 0 Å². The molecule has 0 aromatic heterocycles. The van der Waals surface area contributed by atoms with Gasteiger partial charge in [0.1, 0.15) is 0 Å². The van der Waals surface area contributed by atoms with Crippen molar-refractivity contribution in [1.29, 1.82) is 0 Å².